The van der Waals surface area contributed by atoms with E-state index in [0.29, 0.717) is 30.0 Å². The summed E-state index contributed by atoms with van der Waals surface area (Å²) in [6.45, 7) is 3.79. The Morgan fingerprint density at radius 3 is 3.00 bits per heavy atom. The third-order valence-corrected chi connectivity index (χ3v) is 5.10. The Hall–Kier alpha value is -0.700. The summed E-state index contributed by atoms with van der Waals surface area (Å²) in [7, 11) is -3.63. The van der Waals surface area contributed by atoms with Gasteiger partial charge in [0.25, 0.3) is 0 Å². The fraction of sp³-hybridized carbons (Fsp3) is 0.615. The molecule has 1 aromatic heterocycles. The van der Waals surface area contributed by atoms with Gasteiger partial charge in [-0.05, 0) is 41.3 Å². The van der Waals surface area contributed by atoms with E-state index in [9.17, 15) is 8.42 Å². The van der Waals surface area contributed by atoms with Gasteiger partial charge in [0.15, 0.2) is 0 Å². The van der Waals surface area contributed by atoms with Crippen LogP contribution in [0.25, 0.3) is 0 Å². The van der Waals surface area contributed by atoms with Crippen LogP contribution in [0.1, 0.15) is 26.2 Å². The SMILES string of the molecule is CCCNc1ncc(Br)cc1S(=O)(=O)NC1CCCOC1. The summed E-state index contributed by atoms with van der Waals surface area (Å²) in [5.74, 6) is 0.379. The molecule has 2 heterocycles. The Kier molecular flexibility index (Phi) is 5.98. The highest BCUT2D eigenvalue weighted by molar-refractivity contribution is 9.10. The standard InChI is InChI=1S/C13H20BrN3O3S/c1-2-5-15-13-12(7-10(14)8-16-13)21(18,19)17-11-4-3-6-20-9-11/h7-8,11,17H,2-6,9H2,1H3,(H,15,16). The topological polar surface area (TPSA) is 80.3 Å². The highest BCUT2D eigenvalue weighted by Gasteiger charge is 2.25. The van der Waals surface area contributed by atoms with Gasteiger partial charge in [-0.2, -0.15) is 0 Å². The van der Waals surface area contributed by atoms with E-state index in [-0.39, 0.29) is 10.9 Å². The van der Waals surface area contributed by atoms with Gasteiger partial charge in [0, 0.05) is 29.9 Å². The Labute approximate surface area is 133 Å². The predicted octanol–water partition coefficient (Wildman–Crippen LogP) is 2.12. The van der Waals surface area contributed by atoms with Crippen molar-refractivity contribution in [1.29, 1.82) is 0 Å². The van der Waals surface area contributed by atoms with E-state index in [0.717, 1.165) is 19.3 Å². The molecule has 0 aliphatic carbocycles. The lowest BCUT2D eigenvalue weighted by Crippen LogP contribution is -2.40. The molecule has 8 heteroatoms. The molecule has 0 spiro atoms. The third kappa shape index (κ3) is 4.64. The van der Waals surface area contributed by atoms with Gasteiger partial charge < -0.3 is 10.1 Å². The zero-order valence-electron chi connectivity index (χ0n) is 11.9. The Balaban J connectivity index is 2.22. The van der Waals surface area contributed by atoms with Crippen molar-refractivity contribution in [2.45, 2.75) is 37.1 Å². The molecule has 1 fully saturated rings. The minimum atomic E-state index is -3.63. The van der Waals surface area contributed by atoms with E-state index >= 15 is 0 Å². The summed E-state index contributed by atoms with van der Waals surface area (Å²) in [5.41, 5.74) is 0. The lowest BCUT2D eigenvalue weighted by molar-refractivity contribution is 0.0774. The molecule has 1 unspecified atom stereocenters. The Morgan fingerprint density at radius 2 is 2.33 bits per heavy atom. The maximum absolute atomic E-state index is 12.6. The fourth-order valence-corrected chi connectivity index (χ4v) is 4.01. The van der Waals surface area contributed by atoms with E-state index < -0.39 is 10.0 Å². The van der Waals surface area contributed by atoms with Crippen LogP contribution < -0.4 is 10.0 Å². The number of hydrogen-bond acceptors (Lipinski definition) is 5. The van der Waals surface area contributed by atoms with Crippen molar-refractivity contribution < 1.29 is 13.2 Å². The lowest BCUT2D eigenvalue weighted by Gasteiger charge is -2.23. The van der Waals surface area contributed by atoms with E-state index in [2.05, 4.69) is 31.0 Å². The largest absolute Gasteiger partial charge is 0.380 e. The van der Waals surface area contributed by atoms with Gasteiger partial charge in [-0.25, -0.2) is 18.1 Å². The summed E-state index contributed by atoms with van der Waals surface area (Å²) >= 11 is 3.27. The van der Waals surface area contributed by atoms with Crippen molar-refractivity contribution in [1.82, 2.24) is 9.71 Å². The second-order valence-electron chi connectivity index (χ2n) is 4.96. The number of nitrogens with one attached hydrogen (secondary N) is 2. The minimum absolute atomic E-state index is 0.163. The first-order chi connectivity index (χ1) is 10.0. The van der Waals surface area contributed by atoms with Crippen LogP contribution in [0.3, 0.4) is 0 Å². The van der Waals surface area contributed by atoms with Crippen molar-refractivity contribution in [3.05, 3.63) is 16.7 Å². The van der Waals surface area contributed by atoms with Crippen molar-refractivity contribution >= 4 is 31.8 Å². The number of sulfonamides is 1. The first-order valence-corrected chi connectivity index (χ1v) is 9.30. The number of ether oxygens (including phenoxy) is 1. The number of hydrogen-bond donors (Lipinski definition) is 2. The normalized spacial score (nSPS) is 19.4. The van der Waals surface area contributed by atoms with Crippen molar-refractivity contribution in [3.8, 4) is 0 Å². The molecule has 6 nitrogen and oxygen atoms in total. The zero-order valence-corrected chi connectivity index (χ0v) is 14.3. The highest BCUT2D eigenvalue weighted by Crippen LogP contribution is 2.23. The van der Waals surface area contributed by atoms with Crippen LogP contribution >= 0.6 is 15.9 Å². The fourth-order valence-electron chi connectivity index (χ4n) is 2.12. The number of rotatable bonds is 6. The average molecular weight is 378 g/mol. The van der Waals surface area contributed by atoms with Crippen LogP contribution in [-0.2, 0) is 14.8 Å². The number of anilines is 1. The number of nitrogens with zero attached hydrogens (tertiary/aromatic N) is 1. The molecule has 1 aliphatic rings. The van der Waals surface area contributed by atoms with Gasteiger partial charge in [0.05, 0.1) is 6.61 Å². The quantitative estimate of drug-likeness (QED) is 0.793. The van der Waals surface area contributed by atoms with Crippen LogP contribution in [0, 0.1) is 0 Å². The zero-order chi connectivity index (χ0) is 15.3. The van der Waals surface area contributed by atoms with Crippen LogP contribution in [0.2, 0.25) is 0 Å². The summed E-state index contributed by atoms with van der Waals surface area (Å²) in [5, 5.41) is 3.05. The van der Waals surface area contributed by atoms with Gasteiger partial charge in [0.1, 0.15) is 10.7 Å². The first-order valence-electron chi connectivity index (χ1n) is 7.02. The summed E-state index contributed by atoms with van der Waals surface area (Å²) in [6.07, 6.45) is 4.13. The van der Waals surface area contributed by atoms with Crippen LogP contribution in [0.4, 0.5) is 5.82 Å². The Bertz CT molecular complexity index is 574. The highest BCUT2D eigenvalue weighted by atomic mass is 79.9. The summed E-state index contributed by atoms with van der Waals surface area (Å²) in [4.78, 5) is 4.33. The molecule has 0 bridgehead atoms. The minimum Gasteiger partial charge on any atom is -0.380 e. The summed E-state index contributed by atoms with van der Waals surface area (Å²) < 4.78 is 33.8. The second-order valence-corrected chi connectivity index (χ2v) is 7.56. The van der Waals surface area contributed by atoms with Gasteiger partial charge in [-0.3, -0.25) is 0 Å². The van der Waals surface area contributed by atoms with Crippen molar-refractivity contribution in [2.75, 3.05) is 25.1 Å². The van der Waals surface area contributed by atoms with Gasteiger partial charge in [-0.15, -0.1) is 0 Å². The number of pyridine rings is 1. The summed E-state index contributed by atoms with van der Waals surface area (Å²) in [6, 6.07) is 1.39. The molecule has 0 radical (unpaired) electrons. The van der Waals surface area contributed by atoms with E-state index in [1.165, 1.54) is 0 Å². The monoisotopic (exact) mass is 377 g/mol. The second kappa shape index (κ2) is 7.53. The number of halogens is 1. The smallest absolute Gasteiger partial charge is 0.244 e. The molecule has 0 saturated carbocycles. The molecular formula is C13H20BrN3O3S. The maximum atomic E-state index is 12.6. The van der Waals surface area contributed by atoms with Crippen molar-refractivity contribution in [2.24, 2.45) is 0 Å². The molecule has 1 saturated heterocycles. The maximum Gasteiger partial charge on any atom is 0.244 e. The Morgan fingerprint density at radius 1 is 1.52 bits per heavy atom. The average Bonchev–Trinajstić information content (AvgIpc) is 2.46. The van der Waals surface area contributed by atoms with Crippen LogP contribution in [0.5, 0.6) is 0 Å². The molecule has 1 aromatic rings. The molecule has 2 N–H and O–H groups in total. The lowest BCUT2D eigenvalue weighted by atomic mass is 10.1. The molecule has 2 rings (SSSR count). The van der Waals surface area contributed by atoms with Gasteiger partial charge >= 0.3 is 0 Å². The predicted molar refractivity (Wildman–Crippen MR) is 84.9 cm³/mol. The number of aromatic nitrogens is 1. The molecule has 0 aromatic carbocycles. The third-order valence-electron chi connectivity index (χ3n) is 3.13. The molecular weight excluding hydrogens is 358 g/mol. The van der Waals surface area contributed by atoms with Crippen molar-refractivity contribution in [3.63, 3.8) is 0 Å². The van der Waals surface area contributed by atoms with E-state index in [4.69, 9.17) is 4.74 Å². The first kappa shape index (κ1) is 16.7. The van der Waals surface area contributed by atoms with E-state index in [1.807, 2.05) is 6.92 Å². The van der Waals surface area contributed by atoms with Gasteiger partial charge in [0.2, 0.25) is 10.0 Å². The van der Waals surface area contributed by atoms with E-state index in [1.54, 1.807) is 12.3 Å². The molecule has 1 aliphatic heterocycles. The molecule has 0 amide bonds. The van der Waals surface area contributed by atoms with Gasteiger partial charge in [-0.1, -0.05) is 6.92 Å². The van der Waals surface area contributed by atoms with Crippen LogP contribution in [0.15, 0.2) is 21.6 Å². The molecule has 1 atom stereocenters. The molecule has 21 heavy (non-hydrogen) atoms. The van der Waals surface area contributed by atoms with Crippen LogP contribution in [-0.4, -0.2) is 39.2 Å². The molecule has 118 valence electrons.